The van der Waals surface area contributed by atoms with Crippen LogP contribution in [0.5, 0.6) is 0 Å². The molecule has 0 unspecified atom stereocenters. The molecule has 0 radical (unpaired) electrons. The minimum absolute atomic E-state index is 0.0662. The second kappa shape index (κ2) is 5.29. The standard InChI is InChI=1S/C12H19N5O2/c1-17-8-5-9(15-17)10(18)14-12(11(13)16-19)6-3-2-4-7-12/h5,8,19H,2-4,6-7H2,1H3,(H2,13,16)(H,14,18). The van der Waals surface area contributed by atoms with Gasteiger partial charge in [0.1, 0.15) is 11.2 Å². The Morgan fingerprint density at radius 1 is 1.53 bits per heavy atom. The summed E-state index contributed by atoms with van der Waals surface area (Å²) in [6.07, 6.45) is 6.05. The molecule has 0 aliphatic heterocycles. The largest absolute Gasteiger partial charge is 0.409 e. The summed E-state index contributed by atoms with van der Waals surface area (Å²) in [6.45, 7) is 0. The van der Waals surface area contributed by atoms with Gasteiger partial charge in [0, 0.05) is 13.2 Å². The number of rotatable bonds is 3. The van der Waals surface area contributed by atoms with E-state index in [9.17, 15) is 4.79 Å². The lowest BCUT2D eigenvalue weighted by molar-refractivity contribution is 0.0900. The van der Waals surface area contributed by atoms with Gasteiger partial charge in [-0.1, -0.05) is 24.4 Å². The summed E-state index contributed by atoms with van der Waals surface area (Å²) < 4.78 is 1.56. The highest BCUT2D eigenvalue weighted by atomic mass is 16.4. The lowest BCUT2D eigenvalue weighted by atomic mass is 9.80. The van der Waals surface area contributed by atoms with Crippen molar-refractivity contribution in [3.63, 3.8) is 0 Å². The van der Waals surface area contributed by atoms with Gasteiger partial charge >= 0.3 is 0 Å². The van der Waals surface area contributed by atoms with Crippen LogP contribution in [0.4, 0.5) is 0 Å². The first-order chi connectivity index (χ1) is 9.07. The maximum atomic E-state index is 12.2. The Kier molecular flexibility index (Phi) is 3.73. The minimum atomic E-state index is -0.748. The Bertz CT molecular complexity index is 488. The molecule has 19 heavy (non-hydrogen) atoms. The molecule has 1 aliphatic carbocycles. The van der Waals surface area contributed by atoms with Crippen molar-refractivity contribution in [1.82, 2.24) is 15.1 Å². The fourth-order valence-electron chi connectivity index (χ4n) is 2.51. The van der Waals surface area contributed by atoms with Crippen molar-refractivity contribution in [2.24, 2.45) is 17.9 Å². The molecule has 0 spiro atoms. The monoisotopic (exact) mass is 265 g/mol. The van der Waals surface area contributed by atoms with Crippen LogP contribution in [0.25, 0.3) is 0 Å². The number of carbonyl (C=O) groups is 1. The van der Waals surface area contributed by atoms with Crippen LogP contribution in [0.1, 0.15) is 42.6 Å². The number of carbonyl (C=O) groups excluding carboxylic acids is 1. The minimum Gasteiger partial charge on any atom is -0.409 e. The van der Waals surface area contributed by atoms with Crippen LogP contribution in [0, 0.1) is 0 Å². The highest BCUT2D eigenvalue weighted by molar-refractivity contribution is 5.99. The number of aryl methyl sites for hydroxylation is 1. The highest BCUT2D eigenvalue weighted by Gasteiger charge is 2.38. The molecule has 1 aromatic rings. The maximum absolute atomic E-state index is 12.2. The molecular weight excluding hydrogens is 246 g/mol. The molecule has 104 valence electrons. The number of amides is 1. The van der Waals surface area contributed by atoms with Crippen LogP contribution in [0.3, 0.4) is 0 Å². The Morgan fingerprint density at radius 2 is 2.21 bits per heavy atom. The Hall–Kier alpha value is -2.05. The Labute approximate surface area is 111 Å². The number of oxime groups is 1. The molecule has 7 heteroatoms. The van der Waals surface area contributed by atoms with E-state index in [1.807, 2.05) is 0 Å². The predicted molar refractivity (Wildman–Crippen MR) is 69.9 cm³/mol. The molecule has 0 bridgehead atoms. The number of amidine groups is 1. The summed E-state index contributed by atoms with van der Waals surface area (Å²) in [5, 5.41) is 19.0. The number of aromatic nitrogens is 2. The molecule has 0 saturated heterocycles. The van der Waals surface area contributed by atoms with Crippen molar-refractivity contribution in [2.75, 3.05) is 0 Å². The van der Waals surface area contributed by atoms with Crippen LogP contribution in [0.2, 0.25) is 0 Å². The first kappa shape index (κ1) is 13.4. The molecule has 1 saturated carbocycles. The van der Waals surface area contributed by atoms with E-state index < -0.39 is 5.54 Å². The van der Waals surface area contributed by atoms with Crippen LogP contribution < -0.4 is 11.1 Å². The van der Waals surface area contributed by atoms with E-state index in [0.717, 1.165) is 19.3 Å². The van der Waals surface area contributed by atoms with Crippen molar-refractivity contribution >= 4 is 11.7 Å². The maximum Gasteiger partial charge on any atom is 0.272 e. The van der Waals surface area contributed by atoms with Gasteiger partial charge in [-0.05, 0) is 18.9 Å². The summed E-state index contributed by atoms with van der Waals surface area (Å²) in [4.78, 5) is 12.2. The van der Waals surface area contributed by atoms with Crippen molar-refractivity contribution in [3.8, 4) is 0 Å². The average Bonchev–Trinajstić information content (AvgIpc) is 2.85. The normalized spacial score (nSPS) is 19.1. The smallest absolute Gasteiger partial charge is 0.272 e. The quantitative estimate of drug-likeness (QED) is 0.322. The molecule has 1 fully saturated rings. The van der Waals surface area contributed by atoms with E-state index in [-0.39, 0.29) is 11.7 Å². The molecule has 0 aromatic carbocycles. The lowest BCUT2D eigenvalue weighted by Gasteiger charge is -2.36. The summed E-state index contributed by atoms with van der Waals surface area (Å²) >= 11 is 0. The van der Waals surface area contributed by atoms with Gasteiger partial charge in [-0.2, -0.15) is 5.10 Å². The van der Waals surface area contributed by atoms with E-state index in [4.69, 9.17) is 10.9 Å². The first-order valence-corrected chi connectivity index (χ1v) is 6.37. The molecule has 1 heterocycles. The molecule has 1 amide bonds. The number of hydrogen-bond donors (Lipinski definition) is 3. The van der Waals surface area contributed by atoms with Gasteiger partial charge in [0.25, 0.3) is 5.91 Å². The average molecular weight is 265 g/mol. The molecule has 1 aromatic heterocycles. The van der Waals surface area contributed by atoms with E-state index >= 15 is 0 Å². The highest BCUT2D eigenvalue weighted by Crippen LogP contribution is 2.28. The van der Waals surface area contributed by atoms with Gasteiger partial charge in [0.2, 0.25) is 0 Å². The van der Waals surface area contributed by atoms with E-state index in [1.54, 1.807) is 24.0 Å². The van der Waals surface area contributed by atoms with Gasteiger partial charge in [-0.3, -0.25) is 9.48 Å². The fourth-order valence-corrected chi connectivity index (χ4v) is 2.51. The van der Waals surface area contributed by atoms with Gasteiger partial charge < -0.3 is 16.3 Å². The third kappa shape index (κ3) is 2.69. The zero-order valence-electron chi connectivity index (χ0n) is 11.0. The third-order valence-electron chi connectivity index (χ3n) is 3.60. The van der Waals surface area contributed by atoms with Crippen LogP contribution in [-0.4, -0.2) is 32.3 Å². The molecule has 2 rings (SSSR count). The molecule has 7 nitrogen and oxygen atoms in total. The number of nitrogens with one attached hydrogen (secondary N) is 1. The second-order valence-corrected chi connectivity index (χ2v) is 4.96. The Morgan fingerprint density at radius 3 is 2.74 bits per heavy atom. The van der Waals surface area contributed by atoms with Crippen molar-refractivity contribution < 1.29 is 10.0 Å². The summed E-state index contributed by atoms with van der Waals surface area (Å²) in [7, 11) is 1.75. The number of hydrogen-bond acceptors (Lipinski definition) is 4. The van der Waals surface area contributed by atoms with Crippen LogP contribution in [-0.2, 0) is 7.05 Å². The summed E-state index contributed by atoms with van der Waals surface area (Å²) in [5.41, 5.74) is 5.36. The van der Waals surface area contributed by atoms with Gasteiger partial charge in [0.15, 0.2) is 5.84 Å². The third-order valence-corrected chi connectivity index (χ3v) is 3.60. The van der Waals surface area contributed by atoms with E-state index in [1.165, 1.54) is 0 Å². The number of nitrogens with two attached hydrogens (primary N) is 1. The van der Waals surface area contributed by atoms with E-state index in [0.29, 0.717) is 18.5 Å². The number of nitrogens with zero attached hydrogens (tertiary/aromatic N) is 3. The van der Waals surface area contributed by atoms with E-state index in [2.05, 4.69) is 15.6 Å². The van der Waals surface area contributed by atoms with Gasteiger partial charge in [0.05, 0.1) is 0 Å². The fraction of sp³-hybridized carbons (Fsp3) is 0.583. The molecule has 1 aliphatic rings. The van der Waals surface area contributed by atoms with Gasteiger partial charge in [-0.15, -0.1) is 0 Å². The van der Waals surface area contributed by atoms with Crippen molar-refractivity contribution in [1.29, 1.82) is 0 Å². The predicted octanol–water partition coefficient (Wildman–Crippen LogP) is 0.599. The SMILES string of the molecule is Cn1ccc(C(=O)NC2(/C(N)=N/O)CCCCC2)n1. The van der Waals surface area contributed by atoms with Crippen molar-refractivity contribution in [3.05, 3.63) is 18.0 Å². The Balaban J connectivity index is 2.19. The summed E-state index contributed by atoms with van der Waals surface area (Å²) in [6, 6.07) is 1.64. The molecular formula is C12H19N5O2. The zero-order valence-corrected chi connectivity index (χ0v) is 11.0. The second-order valence-electron chi connectivity index (χ2n) is 4.96. The van der Waals surface area contributed by atoms with Gasteiger partial charge in [-0.25, -0.2) is 0 Å². The topological polar surface area (TPSA) is 106 Å². The molecule has 0 atom stereocenters. The summed E-state index contributed by atoms with van der Waals surface area (Å²) in [5.74, 6) is -0.231. The van der Waals surface area contributed by atoms with Crippen LogP contribution >= 0.6 is 0 Å². The van der Waals surface area contributed by atoms with Crippen molar-refractivity contribution in [2.45, 2.75) is 37.6 Å². The zero-order chi connectivity index (χ0) is 13.9. The first-order valence-electron chi connectivity index (χ1n) is 6.37. The lowest BCUT2D eigenvalue weighted by Crippen LogP contribution is -2.58. The molecule has 4 N–H and O–H groups in total. The van der Waals surface area contributed by atoms with Crippen LogP contribution in [0.15, 0.2) is 17.4 Å².